The number of hydrogen-bond acceptors (Lipinski definition) is 3. The van der Waals surface area contributed by atoms with Crippen LogP contribution >= 0.6 is 15.9 Å². The molecule has 0 saturated heterocycles. The van der Waals surface area contributed by atoms with E-state index in [2.05, 4.69) is 15.9 Å². The quantitative estimate of drug-likeness (QED) is 0.362. The fourth-order valence-electron chi connectivity index (χ4n) is 2.49. The monoisotopic (exact) mass is 410 g/mol. The first-order chi connectivity index (χ1) is 12.7. The molecule has 0 N–H and O–H groups in total. The van der Waals surface area contributed by atoms with E-state index >= 15 is 0 Å². The van der Waals surface area contributed by atoms with Crippen LogP contribution < -0.4 is 9.47 Å². The van der Waals surface area contributed by atoms with Gasteiger partial charge in [0.15, 0.2) is 0 Å². The van der Waals surface area contributed by atoms with Crippen LogP contribution in [-0.2, 0) is 0 Å². The van der Waals surface area contributed by atoms with Gasteiger partial charge in [-0.2, -0.15) is 0 Å². The molecule has 3 rings (SSSR count). The van der Waals surface area contributed by atoms with Gasteiger partial charge in [0.2, 0.25) is 0 Å². The molecule has 0 fully saturated rings. The van der Waals surface area contributed by atoms with Gasteiger partial charge in [0, 0.05) is 0 Å². The summed E-state index contributed by atoms with van der Waals surface area (Å²) in [6.07, 6.45) is 0.912. The minimum absolute atomic E-state index is 0.417. The first kappa shape index (κ1) is 18.2. The van der Waals surface area contributed by atoms with Gasteiger partial charge < -0.3 is 9.47 Å². The standard InChI is InChI=1S/C22H19BrO3/c1-2-13-25-19-10-6-9-18(14-19)22(24)26-21-12-11-17(15-20(21)23)16-7-4-3-5-8-16/h3-12,14-15H,2,13H2,1H3. The summed E-state index contributed by atoms with van der Waals surface area (Å²) in [4.78, 5) is 12.4. The van der Waals surface area contributed by atoms with E-state index in [-0.39, 0.29) is 0 Å². The summed E-state index contributed by atoms with van der Waals surface area (Å²) in [6.45, 7) is 2.65. The average molecular weight is 411 g/mol. The zero-order chi connectivity index (χ0) is 18.4. The maximum absolute atomic E-state index is 12.4. The van der Waals surface area contributed by atoms with Crippen LogP contribution in [0.1, 0.15) is 23.7 Å². The van der Waals surface area contributed by atoms with Crippen LogP contribution in [0.15, 0.2) is 77.3 Å². The van der Waals surface area contributed by atoms with Crippen molar-refractivity contribution in [1.29, 1.82) is 0 Å². The van der Waals surface area contributed by atoms with Gasteiger partial charge in [0.1, 0.15) is 11.5 Å². The van der Waals surface area contributed by atoms with E-state index in [0.29, 0.717) is 23.7 Å². The lowest BCUT2D eigenvalue weighted by atomic mass is 10.1. The van der Waals surface area contributed by atoms with Crippen molar-refractivity contribution in [3.05, 3.63) is 82.8 Å². The van der Waals surface area contributed by atoms with Crippen molar-refractivity contribution < 1.29 is 14.3 Å². The molecule has 0 radical (unpaired) electrons. The second-order valence-electron chi connectivity index (χ2n) is 5.78. The van der Waals surface area contributed by atoms with Crippen LogP contribution in [-0.4, -0.2) is 12.6 Å². The summed E-state index contributed by atoms with van der Waals surface area (Å²) in [5.41, 5.74) is 2.61. The number of esters is 1. The largest absolute Gasteiger partial charge is 0.494 e. The zero-order valence-corrected chi connectivity index (χ0v) is 16.0. The molecule has 0 bridgehead atoms. The first-order valence-corrected chi connectivity index (χ1v) is 9.26. The molecule has 0 unspecified atom stereocenters. The molecule has 3 nitrogen and oxygen atoms in total. The Bertz CT molecular complexity index is 891. The molecule has 0 spiro atoms. The summed E-state index contributed by atoms with van der Waals surface area (Å²) in [6, 6.07) is 22.7. The second kappa shape index (κ2) is 8.68. The predicted molar refractivity (Wildman–Crippen MR) is 107 cm³/mol. The number of carbonyl (C=O) groups excluding carboxylic acids is 1. The smallest absolute Gasteiger partial charge is 0.343 e. The molecule has 0 amide bonds. The maximum Gasteiger partial charge on any atom is 0.343 e. The van der Waals surface area contributed by atoms with Gasteiger partial charge >= 0.3 is 5.97 Å². The Morgan fingerprint density at radius 2 is 1.73 bits per heavy atom. The van der Waals surface area contributed by atoms with E-state index in [0.717, 1.165) is 22.0 Å². The summed E-state index contributed by atoms with van der Waals surface area (Å²) < 4.78 is 11.8. The van der Waals surface area contributed by atoms with Crippen molar-refractivity contribution in [3.63, 3.8) is 0 Å². The lowest BCUT2D eigenvalue weighted by molar-refractivity contribution is 0.0733. The van der Waals surface area contributed by atoms with Crippen molar-refractivity contribution in [2.24, 2.45) is 0 Å². The van der Waals surface area contributed by atoms with Crippen molar-refractivity contribution in [2.45, 2.75) is 13.3 Å². The van der Waals surface area contributed by atoms with E-state index in [1.165, 1.54) is 0 Å². The highest BCUT2D eigenvalue weighted by molar-refractivity contribution is 9.10. The van der Waals surface area contributed by atoms with Crippen LogP contribution in [0.3, 0.4) is 0 Å². The molecular weight excluding hydrogens is 392 g/mol. The molecule has 132 valence electrons. The number of hydrogen-bond donors (Lipinski definition) is 0. The third-order valence-electron chi connectivity index (χ3n) is 3.78. The van der Waals surface area contributed by atoms with Crippen LogP contribution in [0.2, 0.25) is 0 Å². The lowest BCUT2D eigenvalue weighted by Crippen LogP contribution is -2.09. The van der Waals surface area contributed by atoms with Gasteiger partial charge in [-0.3, -0.25) is 0 Å². The van der Waals surface area contributed by atoms with Crippen LogP contribution in [0.4, 0.5) is 0 Å². The molecule has 0 aliphatic rings. The highest BCUT2D eigenvalue weighted by Crippen LogP contribution is 2.31. The van der Waals surface area contributed by atoms with Crippen LogP contribution in [0, 0.1) is 0 Å². The Morgan fingerprint density at radius 1 is 0.923 bits per heavy atom. The number of benzene rings is 3. The third-order valence-corrected chi connectivity index (χ3v) is 4.40. The fourth-order valence-corrected chi connectivity index (χ4v) is 2.95. The van der Waals surface area contributed by atoms with Gasteiger partial charge in [-0.25, -0.2) is 4.79 Å². The molecule has 0 atom stereocenters. The molecule has 26 heavy (non-hydrogen) atoms. The Labute approximate surface area is 161 Å². The molecule has 0 aliphatic carbocycles. The van der Waals surface area contributed by atoms with Gasteiger partial charge in [0.25, 0.3) is 0 Å². The van der Waals surface area contributed by atoms with Crippen molar-refractivity contribution in [3.8, 4) is 22.6 Å². The first-order valence-electron chi connectivity index (χ1n) is 8.47. The summed E-state index contributed by atoms with van der Waals surface area (Å²) in [5.74, 6) is 0.731. The average Bonchev–Trinajstić information content (AvgIpc) is 2.68. The number of ether oxygens (including phenoxy) is 2. The third kappa shape index (κ3) is 4.52. The molecule has 0 aliphatic heterocycles. The van der Waals surface area contributed by atoms with Crippen LogP contribution in [0.5, 0.6) is 11.5 Å². The van der Waals surface area contributed by atoms with E-state index in [4.69, 9.17) is 9.47 Å². The zero-order valence-electron chi connectivity index (χ0n) is 14.4. The van der Waals surface area contributed by atoms with Gasteiger partial charge in [-0.15, -0.1) is 0 Å². The molecule has 0 heterocycles. The molecule has 3 aromatic carbocycles. The minimum atomic E-state index is -0.417. The fraction of sp³-hybridized carbons (Fsp3) is 0.136. The van der Waals surface area contributed by atoms with Gasteiger partial charge in [-0.05, 0) is 63.8 Å². The van der Waals surface area contributed by atoms with Crippen molar-refractivity contribution in [2.75, 3.05) is 6.61 Å². The van der Waals surface area contributed by atoms with Crippen molar-refractivity contribution >= 4 is 21.9 Å². The van der Waals surface area contributed by atoms with E-state index < -0.39 is 5.97 Å². The molecular formula is C22H19BrO3. The van der Waals surface area contributed by atoms with E-state index in [1.54, 1.807) is 24.3 Å². The summed E-state index contributed by atoms with van der Waals surface area (Å²) in [7, 11) is 0. The Morgan fingerprint density at radius 3 is 2.46 bits per heavy atom. The Kier molecular flexibility index (Phi) is 6.08. The molecule has 4 heteroatoms. The van der Waals surface area contributed by atoms with Gasteiger partial charge in [0.05, 0.1) is 16.6 Å². The van der Waals surface area contributed by atoms with Gasteiger partial charge in [-0.1, -0.05) is 49.4 Å². The SMILES string of the molecule is CCCOc1cccc(C(=O)Oc2ccc(-c3ccccc3)cc2Br)c1. The summed E-state index contributed by atoms with van der Waals surface area (Å²) >= 11 is 3.49. The highest BCUT2D eigenvalue weighted by Gasteiger charge is 2.12. The second-order valence-corrected chi connectivity index (χ2v) is 6.63. The van der Waals surface area contributed by atoms with E-state index in [1.807, 2.05) is 55.5 Å². The maximum atomic E-state index is 12.4. The molecule has 3 aromatic rings. The Hall–Kier alpha value is -2.59. The number of rotatable bonds is 6. The normalized spacial score (nSPS) is 10.4. The number of carbonyl (C=O) groups is 1. The predicted octanol–water partition coefficient (Wildman–Crippen LogP) is 6.12. The molecule has 0 aromatic heterocycles. The summed E-state index contributed by atoms with van der Waals surface area (Å²) in [5, 5.41) is 0. The Balaban J connectivity index is 1.75. The lowest BCUT2D eigenvalue weighted by Gasteiger charge is -2.10. The molecule has 0 saturated carbocycles. The topological polar surface area (TPSA) is 35.5 Å². The van der Waals surface area contributed by atoms with Crippen LogP contribution in [0.25, 0.3) is 11.1 Å². The number of halogens is 1. The highest BCUT2D eigenvalue weighted by atomic mass is 79.9. The van der Waals surface area contributed by atoms with Crippen molar-refractivity contribution in [1.82, 2.24) is 0 Å². The minimum Gasteiger partial charge on any atom is -0.494 e. The van der Waals surface area contributed by atoms with E-state index in [9.17, 15) is 4.79 Å².